The van der Waals surface area contributed by atoms with Crippen LogP contribution in [0.4, 0.5) is 18.9 Å². The van der Waals surface area contributed by atoms with Crippen molar-refractivity contribution in [1.29, 1.82) is 0 Å². The molecule has 0 fully saturated rings. The molecule has 0 aromatic heterocycles. The number of hydrogen-bond acceptors (Lipinski definition) is 2. The van der Waals surface area contributed by atoms with Crippen LogP contribution in [0.5, 0.6) is 0 Å². The van der Waals surface area contributed by atoms with Gasteiger partial charge in [-0.05, 0) is 18.1 Å². The summed E-state index contributed by atoms with van der Waals surface area (Å²) >= 11 is 0. The number of rotatable bonds is 5. The van der Waals surface area contributed by atoms with Crippen LogP contribution in [0, 0.1) is 23.4 Å². The number of halogens is 3. The molecule has 0 amide bonds. The zero-order valence-electron chi connectivity index (χ0n) is 9.19. The summed E-state index contributed by atoms with van der Waals surface area (Å²) in [6.07, 6.45) is 0. The molecule has 0 aliphatic heterocycles. The summed E-state index contributed by atoms with van der Waals surface area (Å²) in [5.41, 5.74) is -0.0400. The Kier molecular flexibility index (Phi) is 4.61. The average Bonchev–Trinajstić information content (AvgIpc) is 2.25. The molecule has 1 unspecified atom stereocenters. The second kappa shape index (κ2) is 5.75. The molecule has 0 aliphatic rings. The molecule has 1 rings (SSSR count). The lowest BCUT2D eigenvalue weighted by Crippen LogP contribution is -2.16. The lowest BCUT2D eigenvalue weighted by molar-refractivity contribution is 0.164. The zero-order chi connectivity index (χ0) is 12.1. The zero-order valence-corrected chi connectivity index (χ0v) is 9.19. The highest BCUT2D eigenvalue weighted by atomic mass is 19.2. The number of methoxy groups -OCH3 is 1. The highest BCUT2D eigenvalue weighted by Gasteiger charge is 2.13. The van der Waals surface area contributed by atoms with E-state index in [0.717, 1.165) is 6.07 Å². The normalized spacial score (nSPS) is 12.6. The predicted molar refractivity (Wildman–Crippen MR) is 55.8 cm³/mol. The highest BCUT2D eigenvalue weighted by Crippen LogP contribution is 2.19. The molecule has 0 bridgehead atoms. The first kappa shape index (κ1) is 12.8. The van der Waals surface area contributed by atoms with Gasteiger partial charge in [-0.25, -0.2) is 13.2 Å². The van der Waals surface area contributed by atoms with Crippen LogP contribution in [-0.2, 0) is 4.74 Å². The highest BCUT2D eigenvalue weighted by molar-refractivity contribution is 5.45. The summed E-state index contributed by atoms with van der Waals surface area (Å²) in [4.78, 5) is 0. The molecule has 0 radical (unpaired) electrons. The minimum atomic E-state index is -1.45. The molecule has 16 heavy (non-hydrogen) atoms. The van der Waals surface area contributed by atoms with E-state index in [0.29, 0.717) is 13.2 Å². The molecule has 90 valence electrons. The van der Waals surface area contributed by atoms with E-state index in [1.807, 2.05) is 6.92 Å². The molecule has 0 saturated carbocycles. The van der Waals surface area contributed by atoms with E-state index in [2.05, 4.69) is 5.32 Å². The van der Waals surface area contributed by atoms with Crippen molar-refractivity contribution in [1.82, 2.24) is 0 Å². The number of nitrogens with one attached hydrogen (secondary N) is 1. The smallest absolute Gasteiger partial charge is 0.196 e. The number of anilines is 1. The van der Waals surface area contributed by atoms with E-state index in [1.54, 1.807) is 7.11 Å². The SMILES string of the molecule is COCC(C)CNc1ccc(F)c(F)c1F. The second-order valence-electron chi connectivity index (χ2n) is 3.66. The van der Waals surface area contributed by atoms with Crippen LogP contribution in [0.25, 0.3) is 0 Å². The van der Waals surface area contributed by atoms with Gasteiger partial charge in [-0.1, -0.05) is 6.92 Å². The Morgan fingerprint density at radius 3 is 2.56 bits per heavy atom. The molecule has 0 saturated heterocycles. The maximum atomic E-state index is 13.2. The molecule has 1 aromatic rings. The van der Waals surface area contributed by atoms with Crippen molar-refractivity contribution in [2.24, 2.45) is 5.92 Å². The third kappa shape index (κ3) is 3.13. The fraction of sp³-hybridized carbons (Fsp3) is 0.455. The molecular weight excluding hydrogens is 219 g/mol. The Labute approximate surface area is 92.4 Å². The molecule has 0 spiro atoms. The Morgan fingerprint density at radius 1 is 1.25 bits per heavy atom. The molecule has 0 aliphatic carbocycles. The van der Waals surface area contributed by atoms with Gasteiger partial charge in [0.25, 0.3) is 0 Å². The lowest BCUT2D eigenvalue weighted by atomic mass is 10.2. The molecule has 0 heterocycles. The van der Waals surface area contributed by atoms with Crippen molar-refractivity contribution >= 4 is 5.69 Å². The standard InChI is InChI=1S/C11H14F3NO/c1-7(6-16-2)5-15-9-4-3-8(12)10(13)11(9)14/h3-4,7,15H,5-6H2,1-2H3. The van der Waals surface area contributed by atoms with Crippen LogP contribution in [0.3, 0.4) is 0 Å². The molecule has 1 N–H and O–H groups in total. The van der Waals surface area contributed by atoms with E-state index in [4.69, 9.17) is 4.74 Å². The van der Waals surface area contributed by atoms with Gasteiger partial charge in [-0.3, -0.25) is 0 Å². The monoisotopic (exact) mass is 233 g/mol. The number of hydrogen-bond donors (Lipinski definition) is 1. The van der Waals surface area contributed by atoms with E-state index in [-0.39, 0.29) is 11.6 Å². The Bertz CT molecular complexity index is 357. The Balaban J connectivity index is 2.64. The fourth-order valence-corrected chi connectivity index (χ4v) is 1.29. The van der Waals surface area contributed by atoms with E-state index in [9.17, 15) is 13.2 Å². The van der Waals surface area contributed by atoms with Gasteiger partial charge in [0, 0.05) is 13.7 Å². The quantitative estimate of drug-likeness (QED) is 0.789. The topological polar surface area (TPSA) is 21.3 Å². The van der Waals surface area contributed by atoms with Gasteiger partial charge in [0.05, 0.1) is 12.3 Å². The molecule has 1 atom stereocenters. The number of benzene rings is 1. The van der Waals surface area contributed by atoms with Crippen molar-refractivity contribution in [2.45, 2.75) is 6.92 Å². The minimum absolute atomic E-state index is 0.0400. The van der Waals surface area contributed by atoms with Crippen molar-refractivity contribution in [3.8, 4) is 0 Å². The first-order chi connectivity index (χ1) is 7.56. The van der Waals surface area contributed by atoms with Gasteiger partial charge in [0.15, 0.2) is 17.5 Å². The Hall–Kier alpha value is -1.23. The maximum absolute atomic E-state index is 13.2. The molecule has 2 nitrogen and oxygen atoms in total. The van der Waals surface area contributed by atoms with Gasteiger partial charge in [0.2, 0.25) is 0 Å². The van der Waals surface area contributed by atoms with Gasteiger partial charge >= 0.3 is 0 Å². The summed E-state index contributed by atoms with van der Waals surface area (Å²) in [5, 5.41) is 2.70. The van der Waals surface area contributed by atoms with Crippen LogP contribution < -0.4 is 5.32 Å². The first-order valence-corrected chi connectivity index (χ1v) is 4.92. The molecule has 1 aromatic carbocycles. The third-order valence-corrected chi connectivity index (χ3v) is 2.13. The van der Waals surface area contributed by atoms with Crippen LogP contribution in [0.1, 0.15) is 6.92 Å². The van der Waals surface area contributed by atoms with E-state index < -0.39 is 17.5 Å². The summed E-state index contributed by atoms with van der Waals surface area (Å²) in [7, 11) is 1.56. The van der Waals surface area contributed by atoms with Crippen LogP contribution in [0.15, 0.2) is 12.1 Å². The van der Waals surface area contributed by atoms with E-state index in [1.165, 1.54) is 6.07 Å². The summed E-state index contributed by atoms with van der Waals surface area (Å²) in [6, 6.07) is 2.06. The predicted octanol–water partition coefficient (Wildman–Crippen LogP) is 2.80. The molecular formula is C11H14F3NO. The summed E-state index contributed by atoms with van der Waals surface area (Å²) in [6.45, 7) is 2.84. The fourth-order valence-electron chi connectivity index (χ4n) is 1.29. The van der Waals surface area contributed by atoms with Gasteiger partial charge in [-0.2, -0.15) is 0 Å². The lowest BCUT2D eigenvalue weighted by Gasteiger charge is -2.13. The summed E-state index contributed by atoms with van der Waals surface area (Å²) in [5.74, 6) is -3.68. The van der Waals surface area contributed by atoms with Gasteiger partial charge in [-0.15, -0.1) is 0 Å². The minimum Gasteiger partial charge on any atom is -0.384 e. The third-order valence-electron chi connectivity index (χ3n) is 2.13. The first-order valence-electron chi connectivity index (χ1n) is 4.92. The van der Waals surface area contributed by atoms with Crippen LogP contribution in [0.2, 0.25) is 0 Å². The van der Waals surface area contributed by atoms with Crippen molar-refractivity contribution in [3.05, 3.63) is 29.6 Å². The van der Waals surface area contributed by atoms with Gasteiger partial charge in [0.1, 0.15) is 0 Å². The second-order valence-corrected chi connectivity index (χ2v) is 3.66. The Morgan fingerprint density at radius 2 is 1.94 bits per heavy atom. The van der Waals surface area contributed by atoms with Crippen LogP contribution in [-0.4, -0.2) is 20.3 Å². The maximum Gasteiger partial charge on any atom is 0.196 e. The number of ether oxygens (including phenoxy) is 1. The van der Waals surface area contributed by atoms with E-state index >= 15 is 0 Å². The van der Waals surface area contributed by atoms with Crippen molar-refractivity contribution in [2.75, 3.05) is 25.6 Å². The average molecular weight is 233 g/mol. The molecule has 5 heteroatoms. The van der Waals surface area contributed by atoms with Crippen molar-refractivity contribution < 1.29 is 17.9 Å². The van der Waals surface area contributed by atoms with Gasteiger partial charge < -0.3 is 10.1 Å². The summed E-state index contributed by atoms with van der Waals surface area (Å²) < 4.78 is 43.6. The largest absolute Gasteiger partial charge is 0.384 e. The van der Waals surface area contributed by atoms with Crippen LogP contribution >= 0.6 is 0 Å². The van der Waals surface area contributed by atoms with Crippen molar-refractivity contribution in [3.63, 3.8) is 0 Å².